The molecule has 1 aromatic heterocycles. The number of aromatic nitrogens is 3. The van der Waals surface area contributed by atoms with Gasteiger partial charge in [0.25, 0.3) is 0 Å². The summed E-state index contributed by atoms with van der Waals surface area (Å²) in [6.45, 7) is -0.344. The summed E-state index contributed by atoms with van der Waals surface area (Å²) in [6.07, 6.45) is 1.74. The summed E-state index contributed by atoms with van der Waals surface area (Å²) >= 11 is 1.09. The zero-order valence-electron chi connectivity index (χ0n) is 15.1. The number of carbonyl (C=O) groups is 1. The van der Waals surface area contributed by atoms with E-state index in [0.29, 0.717) is 18.3 Å². The second-order valence-electron chi connectivity index (χ2n) is 6.18. The highest BCUT2D eigenvalue weighted by Gasteiger charge is 2.23. The molecule has 3 rings (SSSR count). The van der Waals surface area contributed by atoms with Gasteiger partial charge in [0.05, 0.1) is 23.6 Å². The lowest BCUT2D eigenvalue weighted by Crippen LogP contribution is -2.27. The molecule has 0 saturated carbocycles. The van der Waals surface area contributed by atoms with Crippen LogP contribution in [0.4, 0.5) is 14.5 Å². The van der Waals surface area contributed by atoms with Gasteiger partial charge in [0, 0.05) is 6.61 Å². The number of rotatable bonds is 8. The quantitative estimate of drug-likeness (QED) is 0.644. The fourth-order valence-electron chi connectivity index (χ4n) is 2.76. The summed E-state index contributed by atoms with van der Waals surface area (Å²) in [5.41, 5.74) is -0.236. The average molecular weight is 414 g/mol. The van der Waals surface area contributed by atoms with Gasteiger partial charge in [-0.25, -0.2) is 9.89 Å². The average Bonchev–Trinajstić information content (AvgIpc) is 3.28. The number of hydrogen-bond donors (Lipinski definition) is 2. The van der Waals surface area contributed by atoms with Crippen LogP contribution in [0.1, 0.15) is 19.8 Å². The Bertz CT molecular complexity index is 867. The van der Waals surface area contributed by atoms with Crippen molar-refractivity contribution in [3.05, 3.63) is 34.7 Å². The molecule has 28 heavy (non-hydrogen) atoms. The highest BCUT2D eigenvalue weighted by Crippen LogP contribution is 2.28. The van der Waals surface area contributed by atoms with Crippen molar-refractivity contribution in [2.75, 3.05) is 11.9 Å². The van der Waals surface area contributed by atoms with Crippen molar-refractivity contribution in [1.82, 2.24) is 14.8 Å². The summed E-state index contributed by atoms with van der Waals surface area (Å²) in [7, 11) is 0. The van der Waals surface area contributed by atoms with Crippen LogP contribution in [0.3, 0.4) is 0 Å². The maximum atomic E-state index is 12.5. The molecule has 2 heterocycles. The molecule has 0 unspecified atom stereocenters. The number of nitrogens with one attached hydrogen (secondary N) is 2. The highest BCUT2D eigenvalue weighted by molar-refractivity contribution is 8.00. The normalized spacial score (nSPS) is 17.6. The largest absolute Gasteiger partial charge is 0.433 e. The molecule has 0 radical (unpaired) electrons. The number of para-hydroxylation sites is 2. The molecule has 1 aliphatic rings. The number of benzene rings is 1. The van der Waals surface area contributed by atoms with E-state index in [2.05, 4.69) is 20.3 Å². The van der Waals surface area contributed by atoms with Gasteiger partial charge >= 0.3 is 12.3 Å². The maximum absolute atomic E-state index is 12.5. The van der Waals surface area contributed by atoms with E-state index in [4.69, 9.17) is 4.74 Å². The number of nitrogens with zero attached hydrogens (tertiary/aromatic N) is 2. The number of carbonyl (C=O) groups excluding carboxylic acids is 1. The van der Waals surface area contributed by atoms with Crippen molar-refractivity contribution >= 4 is 23.4 Å². The molecule has 0 spiro atoms. The number of halogens is 2. The molecule has 1 saturated heterocycles. The van der Waals surface area contributed by atoms with Crippen LogP contribution in [0.2, 0.25) is 0 Å². The van der Waals surface area contributed by atoms with Gasteiger partial charge in [0.15, 0.2) is 5.16 Å². The molecular weight excluding hydrogens is 394 g/mol. The summed E-state index contributed by atoms with van der Waals surface area (Å²) in [5.74, 6) is -0.562. The van der Waals surface area contributed by atoms with E-state index in [9.17, 15) is 18.4 Å². The van der Waals surface area contributed by atoms with E-state index < -0.39 is 17.8 Å². The van der Waals surface area contributed by atoms with Gasteiger partial charge in [-0.1, -0.05) is 23.9 Å². The lowest BCUT2D eigenvalue weighted by atomic mass is 10.2. The summed E-state index contributed by atoms with van der Waals surface area (Å²) < 4.78 is 36.4. The molecule has 8 nitrogen and oxygen atoms in total. The first-order valence-corrected chi connectivity index (χ1v) is 9.60. The van der Waals surface area contributed by atoms with Gasteiger partial charge in [-0.3, -0.25) is 9.36 Å². The third kappa shape index (κ3) is 5.10. The topological polar surface area (TPSA) is 98.2 Å². The minimum atomic E-state index is -3.00. The molecule has 1 amide bonds. The van der Waals surface area contributed by atoms with Gasteiger partial charge in [0.1, 0.15) is 5.75 Å². The second-order valence-corrected chi connectivity index (χ2v) is 7.49. The molecule has 11 heteroatoms. The number of alkyl halides is 2. The molecule has 1 aliphatic heterocycles. The fourth-order valence-corrected chi connectivity index (χ4v) is 3.63. The molecule has 2 aromatic rings. The molecule has 152 valence electrons. The smallest absolute Gasteiger partial charge is 0.387 e. The highest BCUT2D eigenvalue weighted by atomic mass is 32.2. The Morgan fingerprint density at radius 1 is 1.50 bits per heavy atom. The SMILES string of the molecule is C[C@H](Sc1n[nH]c(=O)n1C[C@H]1CCCO1)C(=O)Nc1ccccc1OC(F)F. The fraction of sp³-hybridized carbons (Fsp3) is 0.471. The van der Waals surface area contributed by atoms with Crippen LogP contribution in [-0.2, 0) is 16.1 Å². The van der Waals surface area contributed by atoms with Crippen LogP contribution >= 0.6 is 11.8 Å². The molecule has 2 N–H and O–H groups in total. The van der Waals surface area contributed by atoms with Crippen molar-refractivity contribution in [3.63, 3.8) is 0 Å². The monoisotopic (exact) mass is 414 g/mol. The van der Waals surface area contributed by atoms with Crippen LogP contribution in [0.25, 0.3) is 0 Å². The van der Waals surface area contributed by atoms with Crippen molar-refractivity contribution in [1.29, 1.82) is 0 Å². The number of ether oxygens (including phenoxy) is 2. The predicted molar refractivity (Wildman–Crippen MR) is 98.8 cm³/mol. The number of thioether (sulfide) groups is 1. The predicted octanol–water partition coefficient (Wildman–Crippen LogP) is 2.47. The Morgan fingerprint density at radius 2 is 2.29 bits per heavy atom. The minimum absolute atomic E-state index is 0.0582. The minimum Gasteiger partial charge on any atom is -0.433 e. The molecule has 2 atom stereocenters. The summed E-state index contributed by atoms with van der Waals surface area (Å²) in [5, 5.41) is 8.64. The Kier molecular flexibility index (Phi) is 6.68. The van der Waals surface area contributed by atoms with Crippen molar-refractivity contribution in [2.45, 2.75) is 49.4 Å². The zero-order chi connectivity index (χ0) is 20.1. The van der Waals surface area contributed by atoms with E-state index in [1.54, 1.807) is 13.0 Å². The molecule has 0 bridgehead atoms. The first-order chi connectivity index (χ1) is 13.4. The Balaban J connectivity index is 1.66. The van der Waals surface area contributed by atoms with Gasteiger partial charge in [-0.2, -0.15) is 8.78 Å². The van der Waals surface area contributed by atoms with Gasteiger partial charge < -0.3 is 14.8 Å². The zero-order valence-corrected chi connectivity index (χ0v) is 15.9. The third-order valence-corrected chi connectivity index (χ3v) is 5.24. The van der Waals surface area contributed by atoms with E-state index in [1.165, 1.54) is 22.8 Å². The number of amides is 1. The standard InChI is InChI=1S/C17H20F2N4O4S/c1-10(14(24)20-12-6-2-3-7-13(12)27-15(18)19)28-17-22-21-16(25)23(17)9-11-5-4-8-26-11/h2-3,6-7,10-11,15H,4-5,8-9H2,1H3,(H,20,24)(H,21,25)/t10-,11+/m0/s1. The van der Waals surface area contributed by atoms with Crippen molar-refractivity contribution < 1.29 is 23.0 Å². The third-order valence-electron chi connectivity index (χ3n) is 4.15. The lowest BCUT2D eigenvalue weighted by molar-refractivity contribution is -0.115. The molecule has 0 aliphatic carbocycles. The summed E-state index contributed by atoms with van der Waals surface area (Å²) in [6, 6.07) is 5.93. The second kappa shape index (κ2) is 9.20. The van der Waals surface area contributed by atoms with E-state index in [1.807, 2.05) is 0 Å². The van der Waals surface area contributed by atoms with Crippen LogP contribution in [-0.4, -0.2) is 45.2 Å². The van der Waals surface area contributed by atoms with E-state index in [0.717, 1.165) is 24.6 Å². The van der Waals surface area contributed by atoms with Gasteiger partial charge in [0.2, 0.25) is 5.91 Å². The van der Waals surface area contributed by atoms with Crippen molar-refractivity contribution in [2.24, 2.45) is 0 Å². The van der Waals surface area contributed by atoms with Crippen LogP contribution in [0.15, 0.2) is 34.2 Å². The Labute approximate surface area is 163 Å². The van der Waals surface area contributed by atoms with Gasteiger partial charge in [-0.05, 0) is 31.9 Å². The molecule has 1 fully saturated rings. The Morgan fingerprint density at radius 3 is 3.00 bits per heavy atom. The van der Waals surface area contributed by atoms with Gasteiger partial charge in [-0.15, -0.1) is 5.10 Å². The van der Waals surface area contributed by atoms with E-state index in [-0.39, 0.29) is 23.2 Å². The number of H-pyrrole nitrogens is 1. The Hall–Kier alpha value is -2.40. The summed E-state index contributed by atoms with van der Waals surface area (Å²) in [4.78, 5) is 24.5. The maximum Gasteiger partial charge on any atom is 0.387 e. The number of anilines is 1. The van der Waals surface area contributed by atoms with Crippen LogP contribution in [0, 0.1) is 0 Å². The number of hydrogen-bond acceptors (Lipinski definition) is 6. The van der Waals surface area contributed by atoms with E-state index >= 15 is 0 Å². The number of aromatic amines is 1. The van der Waals surface area contributed by atoms with Crippen LogP contribution in [0.5, 0.6) is 5.75 Å². The molecule has 1 aromatic carbocycles. The van der Waals surface area contributed by atoms with Crippen molar-refractivity contribution in [3.8, 4) is 5.75 Å². The first kappa shape index (κ1) is 20.3. The van der Waals surface area contributed by atoms with Crippen LogP contribution < -0.4 is 15.7 Å². The first-order valence-electron chi connectivity index (χ1n) is 8.72. The lowest BCUT2D eigenvalue weighted by Gasteiger charge is -2.15. The molecular formula is C17H20F2N4O4S.